The van der Waals surface area contributed by atoms with Crippen molar-refractivity contribution in [2.45, 2.75) is 6.92 Å². The summed E-state index contributed by atoms with van der Waals surface area (Å²) in [5, 5.41) is -0.247. The summed E-state index contributed by atoms with van der Waals surface area (Å²) in [5.41, 5.74) is 3.25. The van der Waals surface area contributed by atoms with Crippen molar-refractivity contribution in [3.05, 3.63) is 53.9 Å². The summed E-state index contributed by atoms with van der Waals surface area (Å²) < 4.78 is 0. The van der Waals surface area contributed by atoms with Crippen LogP contribution in [0.25, 0.3) is 11.1 Å². The molecule has 16 heavy (non-hydrogen) atoms. The van der Waals surface area contributed by atoms with E-state index < -0.39 is 0 Å². The van der Waals surface area contributed by atoms with Crippen molar-refractivity contribution >= 4 is 17.7 Å². The summed E-state index contributed by atoms with van der Waals surface area (Å²) in [7, 11) is 0. The Morgan fingerprint density at radius 1 is 1.19 bits per heavy atom. The molecule has 0 spiro atoms. The topological polar surface area (TPSA) is 30.0 Å². The van der Waals surface area contributed by atoms with E-state index in [1.165, 1.54) is 0 Å². The molecule has 2 rings (SSSR count). The van der Waals surface area contributed by atoms with Crippen LogP contribution >= 0.6 is 12.6 Å². The maximum atomic E-state index is 11.3. The molecule has 0 N–H and O–H groups in total. The Balaban J connectivity index is 2.52. The fourth-order valence-corrected chi connectivity index (χ4v) is 1.76. The van der Waals surface area contributed by atoms with Gasteiger partial charge in [0.15, 0.2) is 0 Å². The molecular formula is C13H11NOS. The minimum atomic E-state index is -0.247. The summed E-state index contributed by atoms with van der Waals surface area (Å²) in [6.07, 6.45) is 1.77. The van der Waals surface area contributed by atoms with Crippen LogP contribution in [0, 0.1) is 6.92 Å². The fourth-order valence-electron chi connectivity index (χ4n) is 1.54. The van der Waals surface area contributed by atoms with Crippen molar-refractivity contribution < 1.29 is 4.79 Å². The lowest BCUT2D eigenvalue weighted by molar-refractivity contribution is 0.109. The third-order valence-corrected chi connectivity index (χ3v) is 2.67. The first-order chi connectivity index (χ1) is 7.68. The van der Waals surface area contributed by atoms with Crippen LogP contribution in [-0.2, 0) is 0 Å². The molecular weight excluding hydrogens is 218 g/mol. The lowest BCUT2D eigenvalue weighted by Crippen LogP contribution is -1.97. The molecule has 0 saturated heterocycles. The first-order valence-corrected chi connectivity index (χ1v) is 5.38. The van der Waals surface area contributed by atoms with Crippen LogP contribution in [0.2, 0.25) is 0 Å². The Bertz CT molecular complexity index is 523. The second kappa shape index (κ2) is 4.49. The van der Waals surface area contributed by atoms with Gasteiger partial charge in [-0.15, -0.1) is 12.6 Å². The van der Waals surface area contributed by atoms with Crippen LogP contribution in [-0.4, -0.2) is 10.1 Å². The van der Waals surface area contributed by atoms with Crippen molar-refractivity contribution in [3.8, 4) is 11.1 Å². The molecule has 1 heterocycles. The molecule has 1 aromatic heterocycles. The number of hydrogen-bond acceptors (Lipinski definition) is 2. The molecule has 1 aromatic carbocycles. The smallest absolute Gasteiger partial charge is 0.218 e. The van der Waals surface area contributed by atoms with Crippen LogP contribution in [0.5, 0.6) is 0 Å². The molecule has 3 heteroatoms. The summed E-state index contributed by atoms with van der Waals surface area (Å²) in [5.74, 6) is 0. The van der Waals surface area contributed by atoms with Gasteiger partial charge in [-0.2, -0.15) is 0 Å². The predicted molar refractivity (Wildman–Crippen MR) is 67.7 cm³/mol. The van der Waals surface area contributed by atoms with Gasteiger partial charge < -0.3 is 0 Å². The van der Waals surface area contributed by atoms with Gasteiger partial charge in [0.05, 0.1) is 5.56 Å². The number of hydrogen-bond donors (Lipinski definition) is 1. The zero-order valence-electron chi connectivity index (χ0n) is 8.84. The number of benzene rings is 1. The van der Waals surface area contributed by atoms with Crippen LogP contribution in [0.3, 0.4) is 0 Å². The lowest BCUT2D eigenvalue weighted by atomic mass is 10.1. The number of aryl methyl sites for hydroxylation is 1. The minimum absolute atomic E-state index is 0.247. The fraction of sp³-hybridized carbons (Fsp3) is 0.0769. The van der Waals surface area contributed by atoms with E-state index in [0.29, 0.717) is 11.3 Å². The van der Waals surface area contributed by atoms with Gasteiger partial charge in [0.1, 0.15) is 0 Å². The lowest BCUT2D eigenvalue weighted by Gasteiger charge is -2.05. The highest BCUT2D eigenvalue weighted by Crippen LogP contribution is 2.21. The molecule has 0 aliphatic rings. The predicted octanol–water partition coefficient (Wildman–Crippen LogP) is 3.13. The number of carbonyl (C=O) groups is 1. The van der Waals surface area contributed by atoms with E-state index in [9.17, 15) is 4.79 Å². The standard InChI is InChI=1S/C13H11NOS/c1-9-12(13(15)16)7-11(8-14-9)10-5-3-2-4-6-10/h2-8H,1H3,(H,15,16). The van der Waals surface area contributed by atoms with Crippen molar-refractivity contribution in [3.63, 3.8) is 0 Å². The summed E-state index contributed by atoms with van der Waals surface area (Å²) in [6, 6.07) is 11.7. The van der Waals surface area contributed by atoms with Crippen LogP contribution in [0.15, 0.2) is 42.6 Å². The molecule has 2 nitrogen and oxygen atoms in total. The van der Waals surface area contributed by atoms with E-state index >= 15 is 0 Å². The number of aromatic nitrogens is 1. The number of nitrogens with zero attached hydrogens (tertiary/aromatic N) is 1. The number of thiol groups is 1. The van der Waals surface area contributed by atoms with Crippen molar-refractivity contribution in [1.29, 1.82) is 0 Å². The van der Waals surface area contributed by atoms with Gasteiger partial charge in [-0.25, -0.2) is 0 Å². The minimum Gasteiger partial charge on any atom is -0.282 e. The highest BCUT2D eigenvalue weighted by molar-refractivity contribution is 7.97. The Hall–Kier alpha value is -1.61. The first kappa shape index (κ1) is 10.9. The van der Waals surface area contributed by atoms with Crippen molar-refractivity contribution in [1.82, 2.24) is 4.98 Å². The second-order valence-electron chi connectivity index (χ2n) is 3.53. The molecule has 0 amide bonds. The van der Waals surface area contributed by atoms with Crippen molar-refractivity contribution in [2.75, 3.05) is 0 Å². The summed E-state index contributed by atoms with van der Waals surface area (Å²) in [4.78, 5) is 15.5. The Morgan fingerprint density at radius 2 is 1.88 bits per heavy atom. The van der Waals surface area contributed by atoms with Crippen LogP contribution in [0.4, 0.5) is 0 Å². The van der Waals surface area contributed by atoms with E-state index in [1.807, 2.05) is 36.4 Å². The van der Waals surface area contributed by atoms with Gasteiger partial charge in [0.2, 0.25) is 5.12 Å². The van der Waals surface area contributed by atoms with E-state index in [2.05, 4.69) is 17.6 Å². The van der Waals surface area contributed by atoms with Gasteiger partial charge in [0, 0.05) is 17.5 Å². The van der Waals surface area contributed by atoms with Gasteiger partial charge in [0.25, 0.3) is 0 Å². The molecule has 0 saturated carbocycles. The largest absolute Gasteiger partial charge is 0.282 e. The average molecular weight is 229 g/mol. The van der Waals surface area contributed by atoms with E-state index in [4.69, 9.17) is 0 Å². The molecule has 0 fully saturated rings. The maximum absolute atomic E-state index is 11.3. The third-order valence-electron chi connectivity index (χ3n) is 2.42. The Kier molecular flexibility index (Phi) is 3.06. The SMILES string of the molecule is Cc1ncc(-c2ccccc2)cc1C(=O)S. The average Bonchev–Trinajstić information content (AvgIpc) is 2.30. The highest BCUT2D eigenvalue weighted by atomic mass is 32.1. The highest BCUT2D eigenvalue weighted by Gasteiger charge is 2.07. The van der Waals surface area contributed by atoms with Gasteiger partial charge >= 0.3 is 0 Å². The van der Waals surface area contributed by atoms with Gasteiger partial charge in [-0.1, -0.05) is 30.3 Å². The normalized spacial score (nSPS) is 10.1. The molecule has 0 aliphatic heterocycles. The van der Waals surface area contributed by atoms with E-state index in [1.54, 1.807) is 13.1 Å². The van der Waals surface area contributed by atoms with Gasteiger partial charge in [-0.05, 0) is 18.6 Å². The summed E-state index contributed by atoms with van der Waals surface area (Å²) >= 11 is 3.84. The number of pyridine rings is 1. The molecule has 0 radical (unpaired) electrons. The van der Waals surface area contributed by atoms with Crippen molar-refractivity contribution in [2.24, 2.45) is 0 Å². The molecule has 80 valence electrons. The molecule has 0 unspecified atom stereocenters. The van der Waals surface area contributed by atoms with E-state index in [0.717, 1.165) is 11.1 Å². The maximum Gasteiger partial charge on any atom is 0.218 e. The molecule has 0 atom stereocenters. The summed E-state index contributed by atoms with van der Waals surface area (Å²) in [6.45, 7) is 1.80. The zero-order valence-corrected chi connectivity index (χ0v) is 9.74. The quantitative estimate of drug-likeness (QED) is 0.802. The Labute approximate surface area is 99.8 Å². The Morgan fingerprint density at radius 3 is 2.50 bits per heavy atom. The first-order valence-electron chi connectivity index (χ1n) is 4.94. The molecule has 0 aliphatic carbocycles. The van der Waals surface area contributed by atoms with Crippen LogP contribution in [0.1, 0.15) is 16.1 Å². The second-order valence-corrected chi connectivity index (χ2v) is 3.93. The number of rotatable bonds is 2. The molecule has 2 aromatic rings. The third kappa shape index (κ3) is 2.14. The van der Waals surface area contributed by atoms with E-state index in [-0.39, 0.29) is 5.12 Å². The zero-order chi connectivity index (χ0) is 11.5. The van der Waals surface area contributed by atoms with Crippen LogP contribution < -0.4 is 0 Å². The monoisotopic (exact) mass is 229 g/mol. The van der Waals surface area contributed by atoms with Gasteiger partial charge in [-0.3, -0.25) is 9.78 Å². The molecule has 0 bridgehead atoms. The number of carbonyl (C=O) groups excluding carboxylic acids is 1.